The summed E-state index contributed by atoms with van der Waals surface area (Å²) in [4.78, 5) is 26.6. The van der Waals surface area contributed by atoms with Crippen molar-refractivity contribution in [2.75, 3.05) is 25.0 Å². The van der Waals surface area contributed by atoms with Gasteiger partial charge in [0.2, 0.25) is 5.91 Å². The monoisotopic (exact) mass is 347 g/mol. The minimum atomic E-state index is -0.115. The van der Waals surface area contributed by atoms with E-state index < -0.39 is 0 Å². The van der Waals surface area contributed by atoms with E-state index >= 15 is 0 Å². The van der Waals surface area contributed by atoms with Gasteiger partial charge in [0.25, 0.3) is 5.91 Å². The average Bonchev–Trinajstić information content (AvgIpc) is 3.08. The second kappa shape index (κ2) is 8.85. The molecule has 0 aliphatic carbocycles. The summed E-state index contributed by atoms with van der Waals surface area (Å²) in [5, 5.41) is 15.5. The van der Waals surface area contributed by atoms with Crippen LogP contribution in [-0.4, -0.2) is 53.6 Å². The van der Waals surface area contributed by atoms with E-state index in [0.717, 1.165) is 12.8 Å². The molecule has 2 unspecified atom stereocenters. The minimum Gasteiger partial charge on any atom is -0.394 e. The second-order valence-electron chi connectivity index (χ2n) is 6.98. The van der Waals surface area contributed by atoms with E-state index in [1.54, 1.807) is 17.0 Å². The standard InChI is InChI=1S/C19H29N3O3/c1-13(2)14(3)21-18(24)11-20-17-9-5-4-8-16(17)19(25)22-10-6-7-15(22)12-23/h4-5,8-9,13-15,20,23H,6-7,10-12H2,1-3H3,(H,21,24). The molecule has 0 radical (unpaired) electrons. The highest BCUT2D eigenvalue weighted by molar-refractivity contribution is 6.00. The largest absolute Gasteiger partial charge is 0.394 e. The number of nitrogens with one attached hydrogen (secondary N) is 2. The Kier molecular flexibility index (Phi) is 6.82. The summed E-state index contributed by atoms with van der Waals surface area (Å²) in [6.45, 7) is 6.84. The van der Waals surface area contributed by atoms with Crippen molar-refractivity contribution in [2.24, 2.45) is 5.92 Å². The van der Waals surface area contributed by atoms with Gasteiger partial charge in [-0.05, 0) is 37.8 Å². The molecule has 1 aliphatic rings. The van der Waals surface area contributed by atoms with Crippen LogP contribution in [0.15, 0.2) is 24.3 Å². The number of aliphatic hydroxyl groups excluding tert-OH is 1. The number of likely N-dealkylation sites (tertiary alicyclic amines) is 1. The van der Waals surface area contributed by atoms with Crippen LogP contribution in [0.25, 0.3) is 0 Å². The van der Waals surface area contributed by atoms with Crippen molar-refractivity contribution in [3.05, 3.63) is 29.8 Å². The molecule has 2 rings (SSSR count). The number of hydrogen-bond acceptors (Lipinski definition) is 4. The van der Waals surface area contributed by atoms with Gasteiger partial charge in [0.1, 0.15) is 0 Å². The van der Waals surface area contributed by atoms with Crippen LogP contribution in [0.2, 0.25) is 0 Å². The molecule has 0 saturated carbocycles. The van der Waals surface area contributed by atoms with Crippen LogP contribution in [0.3, 0.4) is 0 Å². The Morgan fingerprint density at radius 2 is 2.00 bits per heavy atom. The highest BCUT2D eigenvalue weighted by atomic mass is 16.3. The molecular formula is C19H29N3O3. The van der Waals surface area contributed by atoms with Crippen molar-refractivity contribution in [1.29, 1.82) is 0 Å². The topological polar surface area (TPSA) is 81.7 Å². The molecule has 138 valence electrons. The SMILES string of the molecule is CC(C)C(C)NC(=O)CNc1ccccc1C(=O)N1CCCC1CO. The van der Waals surface area contributed by atoms with Crippen LogP contribution in [0, 0.1) is 5.92 Å². The van der Waals surface area contributed by atoms with Gasteiger partial charge in [-0.15, -0.1) is 0 Å². The first-order chi connectivity index (χ1) is 11.9. The molecule has 6 heteroatoms. The summed E-state index contributed by atoms with van der Waals surface area (Å²) in [7, 11) is 0. The smallest absolute Gasteiger partial charge is 0.256 e. The first kappa shape index (κ1) is 19.2. The normalized spacial score (nSPS) is 18.3. The van der Waals surface area contributed by atoms with Crippen LogP contribution >= 0.6 is 0 Å². The van der Waals surface area contributed by atoms with E-state index in [1.165, 1.54) is 0 Å². The van der Waals surface area contributed by atoms with Gasteiger partial charge in [-0.1, -0.05) is 26.0 Å². The molecule has 2 atom stereocenters. The maximum Gasteiger partial charge on any atom is 0.256 e. The second-order valence-corrected chi connectivity index (χ2v) is 6.98. The Hall–Kier alpha value is -2.08. The van der Waals surface area contributed by atoms with Crippen molar-refractivity contribution in [3.8, 4) is 0 Å². The quantitative estimate of drug-likeness (QED) is 0.703. The van der Waals surface area contributed by atoms with Gasteiger partial charge in [0, 0.05) is 18.3 Å². The lowest BCUT2D eigenvalue weighted by atomic mass is 10.1. The molecule has 1 heterocycles. The van der Waals surface area contributed by atoms with Gasteiger partial charge in [0.15, 0.2) is 0 Å². The Bertz CT molecular complexity index is 603. The summed E-state index contributed by atoms with van der Waals surface area (Å²) < 4.78 is 0. The molecule has 25 heavy (non-hydrogen) atoms. The van der Waals surface area contributed by atoms with Gasteiger partial charge >= 0.3 is 0 Å². The van der Waals surface area contributed by atoms with Crippen LogP contribution in [0.4, 0.5) is 5.69 Å². The summed E-state index contributed by atoms with van der Waals surface area (Å²) >= 11 is 0. The Balaban J connectivity index is 2.03. The van der Waals surface area contributed by atoms with E-state index in [2.05, 4.69) is 24.5 Å². The minimum absolute atomic E-state index is 0.0170. The summed E-state index contributed by atoms with van der Waals surface area (Å²) in [5.41, 5.74) is 1.18. The van der Waals surface area contributed by atoms with Crippen LogP contribution in [0.1, 0.15) is 44.0 Å². The molecule has 0 spiro atoms. The number of benzene rings is 1. The predicted octanol–water partition coefficient (Wildman–Crippen LogP) is 1.86. The number of rotatable bonds is 7. The van der Waals surface area contributed by atoms with Crippen molar-refractivity contribution in [3.63, 3.8) is 0 Å². The lowest BCUT2D eigenvalue weighted by Crippen LogP contribution is -2.40. The van der Waals surface area contributed by atoms with Gasteiger partial charge < -0.3 is 20.6 Å². The molecule has 6 nitrogen and oxygen atoms in total. The third-order valence-electron chi connectivity index (χ3n) is 4.83. The van der Waals surface area contributed by atoms with E-state index in [9.17, 15) is 14.7 Å². The lowest BCUT2D eigenvalue weighted by Gasteiger charge is -2.24. The molecular weight excluding hydrogens is 318 g/mol. The highest BCUT2D eigenvalue weighted by Crippen LogP contribution is 2.23. The fraction of sp³-hybridized carbons (Fsp3) is 0.579. The zero-order valence-electron chi connectivity index (χ0n) is 15.3. The van der Waals surface area contributed by atoms with Gasteiger partial charge in [-0.25, -0.2) is 0 Å². The van der Waals surface area contributed by atoms with Crippen LogP contribution in [0.5, 0.6) is 0 Å². The maximum atomic E-state index is 12.8. The maximum absolute atomic E-state index is 12.8. The van der Waals surface area contributed by atoms with E-state index in [1.807, 2.05) is 19.1 Å². The molecule has 1 aromatic rings. The number of aliphatic hydroxyl groups is 1. The number of hydrogen-bond donors (Lipinski definition) is 3. The summed E-state index contributed by atoms with van der Waals surface area (Å²) in [6, 6.07) is 7.18. The zero-order chi connectivity index (χ0) is 18.4. The molecule has 1 aliphatic heterocycles. The number of anilines is 1. The molecule has 3 N–H and O–H groups in total. The van der Waals surface area contributed by atoms with E-state index in [-0.39, 0.29) is 37.0 Å². The zero-order valence-corrected chi connectivity index (χ0v) is 15.3. The molecule has 2 amide bonds. The molecule has 1 fully saturated rings. The first-order valence-electron chi connectivity index (χ1n) is 8.98. The summed E-state index contributed by atoms with van der Waals surface area (Å²) in [5.74, 6) is 0.164. The average molecular weight is 347 g/mol. The Morgan fingerprint density at radius 3 is 2.68 bits per heavy atom. The summed E-state index contributed by atoms with van der Waals surface area (Å²) in [6.07, 6.45) is 1.73. The van der Waals surface area contributed by atoms with Gasteiger partial charge in [-0.2, -0.15) is 0 Å². The lowest BCUT2D eigenvalue weighted by molar-refractivity contribution is -0.120. The predicted molar refractivity (Wildman–Crippen MR) is 98.5 cm³/mol. The van der Waals surface area contributed by atoms with Gasteiger partial charge in [0.05, 0.1) is 24.8 Å². The van der Waals surface area contributed by atoms with E-state index in [4.69, 9.17) is 0 Å². The molecule has 0 aromatic heterocycles. The van der Waals surface area contributed by atoms with Crippen molar-refractivity contribution in [2.45, 2.75) is 45.7 Å². The Morgan fingerprint density at radius 1 is 1.28 bits per heavy atom. The van der Waals surface area contributed by atoms with Crippen molar-refractivity contribution >= 4 is 17.5 Å². The fourth-order valence-corrected chi connectivity index (χ4v) is 2.92. The van der Waals surface area contributed by atoms with Crippen molar-refractivity contribution in [1.82, 2.24) is 10.2 Å². The number of carbonyl (C=O) groups is 2. The van der Waals surface area contributed by atoms with Crippen molar-refractivity contribution < 1.29 is 14.7 Å². The number of carbonyl (C=O) groups excluding carboxylic acids is 2. The Labute approximate surface area is 149 Å². The highest BCUT2D eigenvalue weighted by Gasteiger charge is 2.29. The first-order valence-corrected chi connectivity index (χ1v) is 8.98. The number of amides is 2. The number of nitrogens with zero attached hydrogens (tertiary/aromatic N) is 1. The molecule has 1 saturated heterocycles. The van der Waals surface area contributed by atoms with Crippen LogP contribution in [-0.2, 0) is 4.79 Å². The molecule has 0 bridgehead atoms. The fourth-order valence-electron chi connectivity index (χ4n) is 2.92. The van der Waals surface area contributed by atoms with Crippen LogP contribution < -0.4 is 10.6 Å². The van der Waals surface area contributed by atoms with E-state index in [0.29, 0.717) is 23.7 Å². The molecule has 1 aromatic carbocycles. The van der Waals surface area contributed by atoms with Gasteiger partial charge in [-0.3, -0.25) is 9.59 Å². The third-order valence-corrected chi connectivity index (χ3v) is 4.83. The number of para-hydroxylation sites is 1. The third kappa shape index (κ3) is 4.95.